The minimum atomic E-state index is 0.921. The van der Waals surface area contributed by atoms with E-state index in [9.17, 15) is 0 Å². The summed E-state index contributed by atoms with van der Waals surface area (Å²) in [6.07, 6.45) is 4.00. The Morgan fingerprint density at radius 1 is 1.11 bits per heavy atom. The van der Waals surface area contributed by atoms with Crippen LogP contribution in [0, 0.1) is 6.92 Å². The molecule has 0 amide bonds. The van der Waals surface area contributed by atoms with Crippen LogP contribution in [-0.4, -0.2) is 28.5 Å². The van der Waals surface area contributed by atoms with Crippen LogP contribution in [-0.2, 0) is 0 Å². The standard InChI is InChI=1S/C15H15N3/c1-11-9-13(12-5-3-4-7-16-12)17-14(10-11)15-6-8-18(15)2/h3-7,9-10H,8H2,1-2H3. The van der Waals surface area contributed by atoms with Crippen LogP contribution in [0.2, 0.25) is 0 Å². The van der Waals surface area contributed by atoms with Gasteiger partial charge in [-0.1, -0.05) is 6.07 Å². The van der Waals surface area contributed by atoms with Crippen LogP contribution in [0.3, 0.4) is 0 Å². The molecule has 0 bridgehead atoms. The van der Waals surface area contributed by atoms with Crippen LogP contribution in [0.25, 0.3) is 17.1 Å². The lowest BCUT2D eigenvalue weighted by molar-refractivity contribution is 0.488. The first-order valence-electron chi connectivity index (χ1n) is 6.06. The van der Waals surface area contributed by atoms with Gasteiger partial charge in [0.05, 0.1) is 22.8 Å². The van der Waals surface area contributed by atoms with Gasteiger partial charge in [0.15, 0.2) is 0 Å². The molecule has 0 aliphatic carbocycles. The van der Waals surface area contributed by atoms with Gasteiger partial charge < -0.3 is 4.90 Å². The fourth-order valence-corrected chi connectivity index (χ4v) is 2.11. The molecule has 2 aromatic heterocycles. The zero-order chi connectivity index (χ0) is 12.5. The number of nitrogens with zero attached hydrogens (tertiary/aromatic N) is 3. The maximum Gasteiger partial charge on any atom is 0.0896 e. The molecule has 0 N–H and O–H groups in total. The Hall–Kier alpha value is -2.16. The Balaban J connectivity index is 2.07. The number of aromatic nitrogens is 2. The summed E-state index contributed by atoms with van der Waals surface area (Å²) < 4.78 is 0. The maximum atomic E-state index is 4.70. The fraction of sp³-hybridized carbons (Fsp3) is 0.200. The smallest absolute Gasteiger partial charge is 0.0896 e. The Labute approximate surface area is 107 Å². The van der Waals surface area contributed by atoms with E-state index in [1.807, 2.05) is 18.2 Å². The molecule has 1 aliphatic heterocycles. The summed E-state index contributed by atoms with van der Waals surface area (Å²) in [5.74, 6) is 0. The first-order valence-corrected chi connectivity index (χ1v) is 6.06. The molecule has 0 unspecified atom stereocenters. The second-order valence-electron chi connectivity index (χ2n) is 4.60. The molecule has 0 atom stereocenters. The van der Waals surface area contributed by atoms with E-state index in [2.05, 4.69) is 42.1 Å². The molecule has 3 heterocycles. The quantitative estimate of drug-likeness (QED) is 0.804. The summed E-state index contributed by atoms with van der Waals surface area (Å²) in [7, 11) is 2.08. The van der Waals surface area contributed by atoms with Crippen LogP contribution in [0.1, 0.15) is 11.3 Å². The van der Waals surface area contributed by atoms with Crippen LogP contribution in [0.15, 0.2) is 42.6 Å². The van der Waals surface area contributed by atoms with Gasteiger partial charge in [-0.2, -0.15) is 0 Å². The van der Waals surface area contributed by atoms with Crippen molar-refractivity contribution >= 4 is 5.70 Å². The summed E-state index contributed by atoms with van der Waals surface area (Å²) in [5, 5.41) is 0. The Morgan fingerprint density at radius 3 is 2.56 bits per heavy atom. The molecule has 0 fully saturated rings. The lowest BCUT2D eigenvalue weighted by Gasteiger charge is -2.29. The molecule has 1 aliphatic rings. The highest BCUT2D eigenvalue weighted by atomic mass is 15.2. The van der Waals surface area contributed by atoms with Crippen molar-refractivity contribution in [1.29, 1.82) is 0 Å². The lowest BCUT2D eigenvalue weighted by atomic mass is 10.1. The third kappa shape index (κ3) is 1.88. The van der Waals surface area contributed by atoms with Crippen molar-refractivity contribution in [1.82, 2.24) is 14.9 Å². The molecule has 3 rings (SSSR count). The molecule has 0 saturated heterocycles. The molecule has 0 saturated carbocycles. The van der Waals surface area contributed by atoms with Gasteiger partial charge in [0, 0.05) is 19.8 Å². The molecule has 18 heavy (non-hydrogen) atoms. The number of hydrogen-bond acceptors (Lipinski definition) is 3. The first-order chi connectivity index (χ1) is 8.74. The van der Waals surface area contributed by atoms with Gasteiger partial charge >= 0.3 is 0 Å². The third-order valence-corrected chi connectivity index (χ3v) is 3.13. The van der Waals surface area contributed by atoms with Crippen LogP contribution in [0.4, 0.5) is 0 Å². The van der Waals surface area contributed by atoms with Crippen LogP contribution in [0.5, 0.6) is 0 Å². The summed E-state index contributed by atoms with van der Waals surface area (Å²) in [6, 6.07) is 10.1. The van der Waals surface area contributed by atoms with Gasteiger partial charge in [0.1, 0.15) is 0 Å². The molecular weight excluding hydrogens is 222 g/mol. The van der Waals surface area contributed by atoms with Gasteiger partial charge in [0.2, 0.25) is 0 Å². The molecule has 0 aromatic carbocycles. The first kappa shape index (κ1) is 11.0. The third-order valence-electron chi connectivity index (χ3n) is 3.13. The zero-order valence-corrected chi connectivity index (χ0v) is 10.6. The van der Waals surface area contributed by atoms with Crippen molar-refractivity contribution in [2.75, 3.05) is 13.6 Å². The van der Waals surface area contributed by atoms with Crippen LogP contribution >= 0.6 is 0 Å². The van der Waals surface area contributed by atoms with Gasteiger partial charge in [-0.15, -0.1) is 0 Å². The van der Waals surface area contributed by atoms with Crippen molar-refractivity contribution in [2.45, 2.75) is 6.92 Å². The maximum absolute atomic E-state index is 4.70. The van der Waals surface area contributed by atoms with Crippen molar-refractivity contribution in [3.05, 3.63) is 53.9 Å². The second kappa shape index (κ2) is 4.26. The Morgan fingerprint density at radius 2 is 1.94 bits per heavy atom. The Bertz CT molecular complexity index is 602. The topological polar surface area (TPSA) is 29.0 Å². The number of rotatable bonds is 2. The predicted octanol–water partition coefficient (Wildman–Crippen LogP) is 2.74. The highest BCUT2D eigenvalue weighted by Gasteiger charge is 2.16. The van der Waals surface area contributed by atoms with Gasteiger partial charge in [-0.25, -0.2) is 4.98 Å². The van der Waals surface area contributed by atoms with E-state index in [-0.39, 0.29) is 0 Å². The molecule has 0 radical (unpaired) electrons. The van der Waals surface area contributed by atoms with Crippen molar-refractivity contribution < 1.29 is 0 Å². The van der Waals surface area contributed by atoms with E-state index in [1.165, 1.54) is 11.3 Å². The molecule has 2 aromatic rings. The van der Waals surface area contributed by atoms with Crippen molar-refractivity contribution in [3.8, 4) is 11.4 Å². The largest absolute Gasteiger partial charge is 0.369 e. The number of aryl methyl sites for hydroxylation is 1. The second-order valence-corrected chi connectivity index (χ2v) is 4.60. The SMILES string of the molecule is Cc1cc(C2=CCN2C)nc(-c2ccccn2)c1. The molecule has 0 spiro atoms. The summed E-state index contributed by atoms with van der Waals surface area (Å²) in [6.45, 7) is 3.10. The summed E-state index contributed by atoms with van der Waals surface area (Å²) in [5.41, 5.74) is 5.30. The molecule has 3 heteroatoms. The van der Waals surface area contributed by atoms with E-state index in [0.717, 1.165) is 23.6 Å². The minimum absolute atomic E-state index is 0.921. The van der Waals surface area contributed by atoms with Gasteiger partial charge in [0.25, 0.3) is 0 Å². The van der Waals surface area contributed by atoms with E-state index in [1.54, 1.807) is 6.20 Å². The number of pyridine rings is 2. The zero-order valence-electron chi connectivity index (χ0n) is 10.6. The number of hydrogen-bond donors (Lipinski definition) is 0. The normalized spacial score (nSPS) is 14.1. The molecule has 3 nitrogen and oxygen atoms in total. The number of likely N-dealkylation sites (N-methyl/N-ethyl adjacent to an activating group) is 1. The average Bonchev–Trinajstić information content (AvgIpc) is 2.37. The average molecular weight is 237 g/mol. The monoisotopic (exact) mass is 237 g/mol. The highest BCUT2D eigenvalue weighted by molar-refractivity contribution is 5.68. The van der Waals surface area contributed by atoms with E-state index in [0.29, 0.717) is 0 Å². The van der Waals surface area contributed by atoms with E-state index < -0.39 is 0 Å². The van der Waals surface area contributed by atoms with E-state index >= 15 is 0 Å². The predicted molar refractivity (Wildman–Crippen MR) is 72.8 cm³/mol. The Kier molecular flexibility index (Phi) is 2.59. The summed E-state index contributed by atoms with van der Waals surface area (Å²) in [4.78, 5) is 11.3. The highest BCUT2D eigenvalue weighted by Crippen LogP contribution is 2.26. The lowest BCUT2D eigenvalue weighted by Crippen LogP contribution is -2.26. The molecule has 90 valence electrons. The van der Waals surface area contributed by atoms with Crippen molar-refractivity contribution in [2.24, 2.45) is 0 Å². The molecular formula is C15H15N3. The minimum Gasteiger partial charge on any atom is -0.369 e. The summed E-state index contributed by atoms with van der Waals surface area (Å²) >= 11 is 0. The van der Waals surface area contributed by atoms with Gasteiger partial charge in [-0.3, -0.25) is 4.98 Å². The van der Waals surface area contributed by atoms with E-state index in [4.69, 9.17) is 4.98 Å². The van der Waals surface area contributed by atoms with Crippen molar-refractivity contribution in [3.63, 3.8) is 0 Å². The van der Waals surface area contributed by atoms with Crippen LogP contribution < -0.4 is 0 Å². The van der Waals surface area contributed by atoms with Gasteiger partial charge in [-0.05, 0) is 42.8 Å². The fourth-order valence-electron chi connectivity index (χ4n) is 2.11.